The predicted octanol–water partition coefficient (Wildman–Crippen LogP) is 2.71. The van der Waals surface area contributed by atoms with Gasteiger partial charge in [-0.3, -0.25) is 0 Å². The topological polar surface area (TPSA) is 64.1 Å². The number of nitrogens with zero attached hydrogens (tertiary/aromatic N) is 2. The average molecular weight is 261 g/mol. The minimum atomic E-state index is 0.550. The van der Waals surface area contributed by atoms with Crippen LogP contribution >= 0.6 is 0 Å². The molecule has 2 aromatic rings. The quantitative estimate of drug-likeness (QED) is 0.916. The molecule has 1 N–H and O–H groups in total. The Morgan fingerprint density at radius 1 is 1.42 bits per heavy atom. The standard InChI is InChI=1S/C14H19N3O2/c1-10-7-9-18-13(10)14-16-12(19-17-14)6-5-11-4-2-3-8-15-11/h7,9,11,15H,2-6,8H2,1H3. The molecule has 0 amide bonds. The number of nitrogens with one attached hydrogen (secondary N) is 1. The first kappa shape index (κ1) is 12.4. The van der Waals surface area contributed by atoms with Gasteiger partial charge in [0.15, 0.2) is 5.76 Å². The van der Waals surface area contributed by atoms with Crippen LogP contribution in [-0.2, 0) is 6.42 Å². The van der Waals surface area contributed by atoms with Gasteiger partial charge in [-0.2, -0.15) is 4.98 Å². The van der Waals surface area contributed by atoms with Crippen LogP contribution in [0.25, 0.3) is 11.6 Å². The predicted molar refractivity (Wildman–Crippen MR) is 70.7 cm³/mol. The number of aryl methyl sites for hydroxylation is 2. The van der Waals surface area contributed by atoms with E-state index in [9.17, 15) is 0 Å². The molecule has 5 heteroatoms. The average Bonchev–Trinajstić information content (AvgIpc) is 3.06. The lowest BCUT2D eigenvalue weighted by molar-refractivity contribution is 0.342. The lowest BCUT2D eigenvalue weighted by Gasteiger charge is -2.22. The molecule has 0 bridgehead atoms. The van der Waals surface area contributed by atoms with E-state index in [-0.39, 0.29) is 0 Å². The molecule has 2 aromatic heterocycles. The summed E-state index contributed by atoms with van der Waals surface area (Å²) >= 11 is 0. The highest BCUT2D eigenvalue weighted by Gasteiger charge is 2.16. The molecule has 1 atom stereocenters. The number of piperidine rings is 1. The first-order valence-electron chi connectivity index (χ1n) is 6.93. The normalized spacial score (nSPS) is 19.7. The van der Waals surface area contributed by atoms with E-state index in [0.29, 0.717) is 23.5 Å². The van der Waals surface area contributed by atoms with E-state index in [0.717, 1.165) is 24.9 Å². The van der Waals surface area contributed by atoms with Gasteiger partial charge >= 0.3 is 0 Å². The summed E-state index contributed by atoms with van der Waals surface area (Å²) in [5, 5.41) is 7.51. The van der Waals surface area contributed by atoms with Gasteiger partial charge in [-0.1, -0.05) is 11.6 Å². The van der Waals surface area contributed by atoms with E-state index in [4.69, 9.17) is 8.94 Å². The number of hydrogen-bond acceptors (Lipinski definition) is 5. The van der Waals surface area contributed by atoms with Gasteiger partial charge in [0.2, 0.25) is 11.7 Å². The van der Waals surface area contributed by atoms with Crippen LogP contribution in [-0.4, -0.2) is 22.7 Å². The molecule has 0 saturated carbocycles. The molecule has 1 aliphatic rings. The van der Waals surface area contributed by atoms with E-state index in [1.54, 1.807) is 6.26 Å². The highest BCUT2D eigenvalue weighted by molar-refractivity contribution is 5.50. The molecule has 5 nitrogen and oxygen atoms in total. The third kappa shape index (κ3) is 2.87. The van der Waals surface area contributed by atoms with Gasteiger partial charge in [0.25, 0.3) is 0 Å². The van der Waals surface area contributed by atoms with Crippen molar-refractivity contribution in [3.8, 4) is 11.6 Å². The zero-order chi connectivity index (χ0) is 13.1. The molecule has 19 heavy (non-hydrogen) atoms. The fourth-order valence-corrected chi connectivity index (χ4v) is 2.52. The molecular weight excluding hydrogens is 242 g/mol. The molecule has 0 spiro atoms. The molecule has 1 saturated heterocycles. The van der Waals surface area contributed by atoms with Gasteiger partial charge in [0.05, 0.1) is 6.26 Å². The van der Waals surface area contributed by atoms with Crippen molar-refractivity contribution < 1.29 is 8.94 Å². The number of hydrogen-bond donors (Lipinski definition) is 1. The molecule has 3 rings (SSSR count). The molecule has 3 heterocycles. The minimum absolute atomic E-state index is 0.550. The zero-order valence-corrected chi connectivity index (χ0v) is 11.2. The van der Waals surface area contributed by atoms with Crippen molar-refractivity contribution >= 4 is 0 Å². The summed E-state index contributed by atoms with van der Waals surface area (Å²) in [6.45, 7) is 3.10. The second kappa shape index (κ2) is 5.57. The largest absolute Gasteiger partial charge is 0.461 e. The van der Waals surface area contributed by atoms with E-state index in [1.165, 1.54) is 19.3 Å². The summed E-state index contributed by atoms with van der Waals surface area (Å²) in [4.78, 5) is 4.40. The molecule has 1 unspecified atom stereocenters. The van der Waals surface area contributed by atoms with Crippen molar-refractivity contribution in [2.45, 2.75) is 45.1 Å². The zero-order valence-electron chi connectivity index (χ0n) is 11.2. The van der Waals surface area contributed by atoms with Gasteiger partial charge in [-0.25, -0.2) is 0 Å². The third-order valence-electron chi connectivity index (χ3n) is 3.65. The van der Waals surface area contributed by atoms with Gasteiger partial charge in [-0.15, -0.1) is 0 Å². The smallest absolute Gasteiger partial charge is 0.238 e. The van der Waals surface area contributed by atoms with E-state index in [1.807, 2.05) is 13.0 Å². The maximum atomic E-state index is 5.36. The number of rotatable bonds is 4. The van der Waals surface area contributed by atoms with Crippen LogP contribution in [0.4, 0.5) is 0 Å². The molecule has 0 aliphatic carbocycles. The fourth-order valence-electron chi connectivity index (χ4n) is 2.52. The molecule has 0 aromatic carbocycles. The van der Waals surface area contributed by atoms with Crippen LogP contribution in [0.15, 0.2) is 21.3 Å². The Balaban J connectivity index is 1.60. The lowest BCUT2D eigenvalue weighted by atomic mass is 10.0. The minimum Gasteiger partial charge on any atom is -0.461 e. The van der Waals surface area contributed by atoms with Crippen molar-refractivity contribution in [3.63, 3.8) is 0 Å². The summed E-state index contributed by atoms with van der Waals surface area (Å²) < 4.78 is 10.6. The van der Waals surface area contributed by atoms with E-state index < -0.39 is 0 Å². The Bertz CT molecular complexity index is 526. The summed E-state index contributed by atoms with van der Waals surface area (Å²) in [7, 11) is 0. The highest BCUT2D eigenvalue weighted by Crippen LogP contribution is 2.21. The Morgan fingerprint density at radius 2 is 2.37 bits per heavy atom. The van der Waals surface area contributed by atoms with Crippen LogP contribution in [0.2, 0.25) is 0 Å². The summed E-state index contributed by atoms with van der Waals surface area (Å²) in [5.41, 5.74) is 1.03. The molecule has 102 valence electrons. The van der Waals surface area contributed by atoms with Crippen LogP contribution in [0.3, 0.4) is 0 Å². The van der Waals surface area contributed by atoms with E-state index >= 15 is 0 Å². The Kier molecular flexibility index (Phi) is 3.64. The van der Waals surface area contributed by atoms with Gasteiger partial charge in [0.1, 0.15) is 0 Å². The Hall–Kier alpha value is -1.62. The molecule has 1 fully saturated rings. The SMILES string of the molecule is Cc1ccoc1-c1noc(CCC2CCCCN2)n1. The second-order valence-electron chi connectivity index (χ2n) is 5.13. The monoisotopic (exact) mass is 261 g/mol. The summed E-state index contributed by atoms with van der Waals surface area (Å²) in [5.74, 6) is 1.94. The fraction of sp³-hybridized carbons (Fsp3) is 0.571. The first-order valence-corrected chi connectivity index (χ1v) is 6.93. The third-order valence-corrected chi connectivity index (χ3v) is 3.65. The molecular formula is C14H19N3O2. The van der Waals surface area contributed by atoms with Crippen molar-refractivity contribution in [1.29, 1.82) is 0 Å². The first-order chi connectivity index (χ1) is 9.33. The van der Waals surface area contributed by atoms with Crippen LogP contribution < -0.4 is 5.32 Å². The lowest BCUT2D eigenvalue weighted by Crippen LogP contribution is -2.34. The Morgan fingerprint density at radius 3 is 3.11 bits per heavy atom. The van der Waals surface area contributed by atoms with E-state index in [2.05, 4.69) is 15.5 Å². The molecule has 0 radical (unpaired) electrons. The van der Waals surface area contributed by atoms with Crippen molar-refractivity contribution in [2.24, 2.45) is 0 Å². The van der Waals surface area contributed by atoms with Crippen LogP contribution in [0.5, 0.6) is 0 Å². The number of aromatic nitrogens is 2. The van der Waals surface area contributed by atoms with Crippen molar-refractivity contribution in [2.75, 3.05) is 6.54 Å². The summed E-state index contributed by atoms with van der Waals surface area (Å²) in [6, 6.07) is 2.49. The van der Waals surface area contributed by atoms with Gasteiger partial charge < -0.3 is 14.3 Å². The van der Waals surface area contributed by atoms with Crippen molar-refractivity contribution in [1.82, 2.24) is 15.5 Å². The highest BCUT2D eigenvalue weighted by atomic mass is 16.5. The van der Waals surface area contributed by atoms with Crippen molar-refractivity contribution in [3.05, 3.63) is 23.8 Å². The van der Waals surface area contributed by atoms with Gasteiger partial charge in [-0.05, 0) is 44.4 Å². The Labute approximate surface area is 112 Å². The molecule has 1 aliphatic heterocycles. The summed E-state index contributed by atoms with van der Waals surface area (Å²) in [6.07, 6.45) is 7.38. The maximum Gasteiger partial charge on any atom is 0.238 e. The number of furan rings is 1. The van der Waals surface area contributed by atoms with Crippen LogP contribution in [0, 0.1) is 6.92 Å². The van der Waals surface area contributed by atoms with Crippen LogP contribution in [0.1, 0.15) is 37.1 Å². The maximum absolute atomic E-state index is 5.36. The van der Waals surface area contributed by atoms with Gasteiger partial charge in [0, 0.05) is 12.5 Å². The second-order valence-corrected chi connectivity index (χ2v) is 5.13.